The van der Waals surface area contributed by atoms with Crippen molar-refractivity contribution in [1.82, 2.24) is 0 Å². The third-order valence-electron chi connectivity index (χ3n) is 8.39. The van der Waals surface area contributed by atoms with Crippen molar-refractivity contribution in [2.24, 2.45) is 0 Å². The zero-order chi connectivity index (χ0) is 34.6. The van der Waals surface area contributed by atoms with Crippen LogP contribution in [0, 0.1) is 0 Å². The first-order chi connectivity index (χ1) is 22.0. The number of hydrogen-bond donors (Lipinski definition) is 1. The molecule has 6 aromatic carbocycles. The Labute approximate surface area is 282 Å². The van der Waals surface area contributed by atoms with Crippen molar-refractivity contribution in [3.63, 3.8) is 0 Å². The molecule has 0 aliphatic rings. The maximum atomic E-state index is 9.67. The van der Waals surface area contributed by atoms with Gasteiger partial charge in [0, 0.05) is 5.56 Å². The van der Waals surface area contributed by atoms with E-state index in [-0.39, 0.29) is 16.2 Å². The van der Waals surface area contributed by atoms with E-state index in [1.54, 1.807) is 14.2 Å². The van der Waals surface area contributed by atoms with E-state index in [2.05, 4.69) is 141 Å². The van der Waals surface area contributed by atoms with Crippen molar-refractivity contribution in [1.29, 1.82) is 0 Å². The Morgan fingerprint density at radius 3 is 1.40 bits per heavy atom. The Kier molecular flexibility index (Phi) is 10.6. The summed E-state index contributed by atoms with van der Waals surface area (Å²) in [5, 5.41) is 17.1. The Bertz CT molecular complexity index is 1960. The summed E-state index contributed by atoms with van der Waals surface area (Å²) in [6, 6.07) is 37.2. The van der Waals surface area contributed by atoms with Crippen LogP contribution in [0.15, 0.2) is 109 Å². The molecule has 47 heavy (non-hydrogen) atoms. The first-order valence-electron chi connectivity index (χ1n) is 16.4. The monoisotopic (exact) mass is 628 g/mol. The van der Waals surface area contributed by atoms with Gasteiger partial charge in [-0.3, -0.25) is 0 Å². The summed E-state index contributed by atoms with van der Waals surface area (Å²) in [5.41, 5.74) is 4.09. The summed E-state index contributed by atoms with van der Waals surface area (Å²) in [6.45, 7) is 19.8. The van der Waals surface area contributed by atoms with Crippen LogP contribution in [-0.4, -0.2) is 19.3 Å². The van der Waals surface area contributed by atoms with E-state index in [4.69, 9.17) is 9.47 Å². The van der Waals surface area contributed by atoms with Gasteiger partial charge in [0.15, 0.2) is 0 Å². The molecule has 0 amide bonds. The molecule has 0 aliphatic carbocycles. The molecule has 3 heteroatoms. The van der Waals surface area contributed by atoms with Gasteiger partial charge in [-0.15, -0.1) is 0 Å². The summed E-state index contributed by atoms with van der Waals surface area (Å²) in [7, 11) is 3.45. The van der Waals surface area contributed by atoms with E-state index in [1.165, 1.54) is 43.6 Å². The van der Waals surface area contributed by atoms with Gasteiger partial charge >= 0.3 is 0 Å². The van der Waals surface area contributed by atoms with Crippen LogP contribution in [0.3, 0.4) is 0 Å². The van der Waals surface area contributed by atoms with Gasteiger partial charge in [0.25, 0.3) is 0 Å². The van der Waals surface area contributed by atoms with Crippen LogP contribution >= 0.6 is 0 Å². The number of phenolic OH excluding ortho intramolecular Hbond substituents is 1. The standard InChI is InChI=1S/2C15H18O.C14H16O/c1-15(2,3)14-10-12(16-4)9-11-7-5-6-8-13(11)14;1-15(2,3)14-12-8-6-5-7-11(12)9-10-13(14)16-4;1-14(2,3)13-9-11(15)8-10-6-4-5-7-12(10)13/h2*5-10H,1-4H3;4-9,15H,1-3H3. The number of phenols is 1. The molecule has 0 aliphatic heterocycles. The molecular formula is C44H52O3. The molecule has 0 radical (unpaired) electrons. The van der Waals surface area contributed by atoms with E-state index in [9.17, 15) is 5.11 Å². The average Bonchev–Trinajstić information content (AvgIpc) is 3.02. The van der Waals surface area contributed by atoms with Crippen LogP contribution in [0.4, 0.5) is 0 Å². The highest BCUT2D eigenvalue weighted by Crippen LogP contribution is 2.38. The van der Waals surface area contributed by atoms with Crippen LogP contribution in [-0.2, 0) is 16.2 Å². The van der Waals surface area contributed by atoms with Crippen LogP contribution in [0.5, 0.6) is 17.2 Å². The first-order valence-corrected chi connectivity index (χ1v) is 16.4. The lowest BCUT2D eigenvalue weighted by molar-refractivity contribution is 0.399. The van der Waals surface area contributed by atoms with E-state index >= 15 is 0 Å². The first kappa shape index (κ1) is 35.4. The highest BCUT2D eigenvalue weighted by atomic mass is 16.5. The second kappa shape index (κ2) is 14.1. The largest absolute Gasteiger partial charge is 0.508 e. The summed E-state index contributed by atoms with van der Waals surface area (Å²) in [6.07, 6.45) is 0. The summed E-state index contributed by atoms with van der Waals surface area (Å²) < 4.78 is 10.8. The van der Waals surface area contributed by atoms with Crippen LogP contribution < -0.4 is 9.47 Å². The molecule has 6 rings (SSSR count). The van der Waals surface area contributed by atoms with Crippen LogP contribution in [0.1, 0.15) is 79.0 Å². The Morgan fingerprint density at radius 1 is 0.447 bits per heavy atom. The third-order valence-corrected chi connectivity index (χ3v) is 8.39. The molecule has 1 N–H and O–H groups in total. The molecule has 0 bridgehead atoms. The molecule has 0 atom stereocenters. The molecule has 0 saturated heterocycles. The maximum Gasteiger partial charge on any atom is 0.123 e. The Balaban J connectivity index is 0.000000160. The minimum atomic E-state index is 0.0539. The minimum Gasteiger partial charge on any atom is -0.508 e. The van der Waals surface area contributed by atoms with Gasteiger partial charge in [-0.25, -0.2) is 0 Å². The fraction of sp³-hybridized carbons (Fsp3) is 0.318. The molecule has 0 heterocycles. The number of benzene rings is 6. The molecule has 246 valence electrons. The van der Waals surface area contributed by atoms with Gasteiger partial charge in [0.05, 0.1) is 14.2 Å². The van der Waals surface area contributed by atoms with E-state index in [0.29, 0.717) is 5.75 Å². The van der Waals surface area contributed by atoms with Crippen LogP contribution in [0.25, 0.3) is 32.3 Å². The Morgan fingerprint density at radius 2 is 0.915 bits per heavy atom. The number of aromatic hydroxyl groups is 1. The lowest BCUT2D eigenvalue weighted by Crippen LogP contribution is -2.13. The summed E-state index contributed by atoms with van der Waals surface area (Å²) in [4.78, 5) is 0. The van der Waals surface area contributed by atoms with E-state index in [1.807, 2.05) is 30.3 Å². The highest BCUT2D eigenvalue weighted by Gasteiger charge is 2.22. The fourth-order valence-electron chi connectivity index (χ4n) is 6.13. The predicted octanol–water partition coefficient (Wildman–Crippen LogP) is 12.1. The quantitative estimate of drug-likeness (QED) is 0.207. The third kappa shape index (κ3) is 8.46. The van der Waals surface area contributed by atoms with Gasteiger partial charge < -0.3 is 14.6 Å². The van der Waals surface area contributed by atoms with Crippen molar-refractivity contribution < 1.29 is 14.6 Å². The highest BCUT2D eigenvalue weighted by molar-refractivity contribution is 5.90. The van der Waals surface area contributed by atoms with Crippen molar-refractivity contribution in [3.8, 4) is 17.2 Å². The maximum absolute atomic E-state index is 9.67. The molecule has 6 aromatic rings. The van der Waals surface area contributed by atoms with Gasteiger partial charge in [-0.2, -0.15) is 0 Å². The smallest absolute Gasteiger partial charge is 0.123 e. The summed E-state index contributed by atoms with van der Waals surface area (Å²) in [5.74, 6) is 2.26. The molecule has 0 saturated carbocycles. The van der Waals surface area contributed by atoms with Crippen molar-refractivity contribution >= 4 is 32.3 Å². The average molecular weight is 629 g/mol. The zero-order valence-electron chi connectivity index (χ0n) is 30.2. The molecule has 3 nitrogen and oxygen atoms in total. The molecule has 0 spiro atoms. The number of ether oxygens (including phenoxy) is 2. The number of rotatable bonds is 2. The van der Waals surface area contributed by atoms with Crippen molar-refractivity contribution in [2.45, 2.75) is 78.6 Å². The topological polar surface area (TPSA) is 38.7 Å². The lowest BCUT2D eigenvalue weighted by atomic mass is 9.83. The second-order valence-corrected chi connectivity index (χ2v) is 15.2. The zero-order valence-corrected chi connectivity index (χ0v) is 30.2. The molecule has 0 fully saturated rings. The predicted molar refractivity (Wildman–Crippen MR) is 203 cm³/mol. The number of methoxy groups -OCH3 is 2. The fourth-order valence-corrected chi connectivity index (χ4v) is 6.13. The number of fused-ring (bicyclic) bond motifs is 3. The van der Waals surface area contributed by atoms with Crippen LogP contribution in [0.2, 0.25) is 0 Å². The normalized spacial score (nSPS) is 11.8. The molecule has 0 unspecified atom stereocenters. The SMILES string of the molecule is CC(C)(C)c1cc(O)cc2ccccc12.COc1cc(C(C)(C)C)c2ccccc2c1.COc1ccc2ccccc2c1C(C)(C)C. The molecule has 0 aromatic heterocycles. The number of hydrogen-bond acceptors (Lipinski definition) is 3. The van der Waals surface area contributed by atoms with Crippen molar-refractivity contribution in [3.05, 3.63) is 126 Å². The minimum absolute atomic E-state index is 0.0539. The lowest BCUT2D eigenvalue weighted by Gasteiger charge is -2.24. The van der Waals surface area contributed by atoms with Gasteiger partial charge in [0.2, 0.25) is 0 Å². The molecular weight excluding hydrogens is 576 g/mol. The summed E-state index contributed by atoms with van der Waals surface area (Å²) >= 11 is 0. The Hall–Kier alpha value is -4.50. The van der Waals surface area contributed by atoms with E-state index < -0.39 is 0 Å². The van der Waals surface area contributed by atoms with Gasteiger partial charge in [-0.1, -0.05) is 141 Å². The van der Waals surface area contributed by atoms with Crippen molar-refractivity contribution in [2.75, 3.05) is 14.2 Å². The van der Waals surface area contributed by atoms with Gasteiger partial charge in [0.1, 0.15) is 17.2 Å². The van der Waals surface area contributed by atoms with E-state index in [0.717, 1.165) is 16.9 Å². The van der Waals surface area contributed by atoms with Gasteiger partial charge in [-0.05, 0) is 90.0 Å². The second-order valence-electron chi connectivity index (χ2n) is 15.2.